The highest BCUT2D eigenvalue weighted by Gasteiger charge is 2.19. The number of nitrogen functional groups attached to an aromatic ring is 1. The third-order valence-corrected chi connectivity index (χ3v) is 4.18. The van der Waals surface area contributed by atoms with Gasteiger partial charge in [-0.3, -0.25) is 0 Å². The molecule has 21 heavy (non-hydrogen) atoms. The van der Waals surface area contributed by atoms with Crippen molar-refractivity contribution in [3.63, 3.8) is 0 Å². The van der Waals surface area contributed by atoms with Gasteiger partial charge in [0, 0.05) is 17.9 Å². The highest BCUT2D eigenvalue weighted by atomic mass is 32.2. The zero-order valence-electron chi connectivity index (χ0n) is 12.1. The fourth-order valence-electron chi connectivity index (χ4n) is 2.20. The van der Waals surface area contributed by atoms with Gasteiger partial charge in [0.15, 0.2) is 0 Å². The van der Waals surface area contributed by atoms with Gasteiger partial charge in [-0.2, -0.15) is 0 Å². The summed E-state index contributed by atoms with van der Waals surface area (Å²) in [4.78, 5) is 1.92. The van der Waals surface area contributed by atoms with Gasteiger partial charge in [0.05, 0.1) is 5.69 Å². The van der Waals surface area contributed by atoms with E-state index >= 15 is 0 Å². The highest BCUT2D eigenvalue weighted by Crippen LogP contribution is 2.32. The fraction of sp³-hybridized carbons (Fsp3) is 0.200. The summed E-state index contributed by atoms with van der Waals surface area (Å²) in [5.74, 6) is 0. The maximum absolute atomic E-state index is 11.8. The van der Waals surface area contributed by atoms with Crippen molar-refractivity contribution in [2.75, 3.05) is 17.2 Å². The number of hydrogen-bond acceptors (Lipinski definition) is 4. The van der Waals surface area contributed by atoms with Crippen LogP contribution in [0.1, 0.15) is 12.5 Å². The van der Waals surface area contributed by atoms with E-state index < -0.39 is 10.0 Å². The zero-order chi connectivity index (χ0) is 15.6. The van der Waals surface area contributed by atoms with E-state index in [1.54, 1.807) is 12.1 Å². The molecule has 0 unspecified atom stereocenters. The van der Waals surface area contributed by atoms with Crippen LogP contribution in [0, 0.1) is 6.92 Å². The van der Waals surface area contributed by atoms with Crippen molar-refractivity contribution >= 4 is 27.1 Å². The first-order chi connectivity index (χ1) is 9.82. The zero-order valence-corrected chi connectivity index (χ0v) is 12.9. The number of nitrogens with two attached hydrogens (primary N) is 2. The van der Waals surface area contributed by atoms with E-state index in [0.717, 1.165) is 11.3 Å². The molecule has 0 saturated carbocycles. The van der Waals surface area contributed by atoms with Gasteiger partial charge in [-0.05, 0) is 44.2 Å². The SMILES string of the molecule is CCN(c1ccc(C)cc1)c1ccc(N)cc1S(N)(=O)=O. The first-order valence-corrected chi connectivity index (χ1v) is 8.14. The first-order valence-electron chi connectivity index (χ1n) is 6.59. The smallest absolute Gasteiger partial charge is 0.240 e. The molecule has 0 aliphatic carbocycles. The first kappa shape index (κ1) is 15.3. The number of nitrogens with zero attached hydrogens (tertiary/aromatic N) is 1. The van der Waals surface area contributed by atoms with Crippen molar-refractivity contribution < 1.29 is 8.42 Å². The van der Waals surface area contributed by atoms with Crippen LogP contribution in [0.5, 0.6) is 0 Å². The predicted molar refractivity (Wildman–Crippen MR) is 86.1 cm³/mol. The molecule has 2 aromatic rings. The van der Waals surface area contributed by atoms with Gasteiger partial charge in [-0.1, -0.05) is 17.7 Å². The molecule has 0 aliphatic rings. The van der Waals surface area contributed by atoms with Gasteiger partial charge in [0.2, 0.25) is 10.0 Å². The van der Waals surface area contributed by atoms with Crippen LogP contribution in [0.15, 0.2) is 47.4 Å². The van der Waals surface area contributed by atoms with Crippen LogP contribution in [-0.4, -0.2) is 15.0 Å². The van der Waals surface area contributed by atoms with E-state index in [0.29, 0.717) is 17.9 Å². The third kappa shape index (κ3) is 3.34. The minimum absolute atomic E-state index is 0.0323. The largest absolute Gasteiger partial charge is 0.399 e. The van der Waals surface area contributed by atoms with Crippen LogP contribution in [0.4, 0.5) is 17.1 Å². The summed E-state index contributed by atoms with van der Waals surface area (Å²) in [5.41, 5.74) is 8.61. The number of rotatable bonds is 4. The van der Waals surface area contributed by atoms with Crippen LogP contribution < -0.4 is 15.8 Å². The van der Waals surface area contributed by atoms with Gasteiger partial charge >= 0.3 is 0 Å². The molecular weight excluding hydrogens is 286 g/mol. The molecule has 2 rings (SSSR count). The summed E-state index contributed by atoms with van der Waals surface area (Å²) in [6.45, 7) is 4.55. The third-order valence-electron chi connectivity index (χ3n) is 3.24. The molecule has 112 valence electrons. The van der Waals surface area contributed by atoms with Crippen molar-refractivity contribution in [3.8, 4) is 0 Å². The van der Waals surface area contributed by atoms with Gasteiger partial charge in [-0.25, -0.2) is 13.6 Å². The molecule has 2 aromatic carbocycles. The lowest BCUT2D eigenvalue weighted by Gasteiger charge is -2.25. The Labute approximate surface area is 125 Å². The summed E-state index contributed by atoms with van der Waals surface area (Å²) >= 11 is 0. The predicted octanol–water partition coefficient (Wildman–Crippen LogP) is 2.38. The summed E-state index contributed by atoms with van der Waals surface area (Å²) in [5, 5.41) is 5.31. The van der Waals surface area contributed by atoms with Crippen molar-refractivity contribution in [2.45, 2.75) is 18.7 Å². The van der Waals surface area contributed by atoms with Gasteiger partial charge in [0.1, 0.15) is 4.90 Å². The average Bonchev–Trinajstić information content (AvgIpc) is 2.42. The van der Waals surface area contributed by atoms with E-state index in [1.807, 2.05) is 43.0 Å². The number of sulfonamides is 1. The Hall–Kier alpha value is -2.05. The molecule has 4 N–H and O–H groups in total. The molecule has 0 spiro atoms. The van der Waals surface area contributed by atoms with Crippen molar-refractivity contribution in [2.24, 2.45) is 5.14 Å². The maximum Gasteiger partial charge on any atom is 0.240 e. The van der Waals surface area contributed by atoms with Crippen molar-refractivity contribution in [1.82, 2.24) is 0 Å². The minimum atomic E-state index is -3.85. The molecule has 0 atom stereocenters. The van der Waals surface area contributed by atoms with Gasteiger partial charge < -0.3 is 10.6 Å². The molecule has 0 saturated heterocycles. The van der Waals surface area contributed by atoms with Gasteiger partial charge in [0.25, 0.3) is 0 Å². The Morgan fingerprint density at radius 3 is 2.24 bits per heavy atom. The molecule has 6 heteroatoms. The second-order valence-corrected chi connectivity index (χ2v) is 6.38. The Morgan fingerprint density at radius 2 is 1.71 bits per heavy atom. The number of primary sulfonamides is 1. The van der Waals surface area contributed by atoms with Crippen LogP contribution in [0.25, 0.3) is 0 Å². The standard InChI is InChI=1S/C15H19N3O2S/c1-3-18(13-7-4-11(2)5-8-13)14-9-6-12(16)10-15(14)21(17,19)20/h4-10H,3,16H2,1-2H3,(H2,17,19,20). The van der Waals surface area contributed by atoms with E-state index in [4.69, 9.17) is 10.9 Å². The molecule has 0 bridgehead atoms. The highest BCUT2D eigenvalue weighted by molar-refractivity contribution is 7.89. The number of hydrogen-bond donors (Lipinski definition) is 2. The van der Waals surface area contributed by atoms with Crippen LogP contribution >= 0.6 is 0 Å². The number of benzene rings is 2. The summed E-state index contributed by atoms with van der Waals surface area (Å²) < 4.78 is 23.6. The van der Waals surface area contributed by atoms with E-state index in [-0.39, 0.29) is 4.90 Å². The second kappa shape index (κ2) is 5.75. The number of anilines is 3. The van der Waals surface area contributed by atoms with E-state index in [1.165, 1.54) is 6.07 Å². The van der Waals surface area contributed by atoms with Crippen LogP contribution in [0.2, 0.25) is 0 Å². The monoisotopic (exact) mass is 305 g/mol. The lowest BCUT2D eigenvalue weighted by molar-refractivity contribution is 0.598. The number of aryl methyl sites for hydroxylation is 1. The Bertz CT molecular complexity index is 740. The summed E-state index contributed by atoms with van der Waals surface area (Å²) in [6.07, 6.45) is 0. The van der Waals surface area contributed by atoms with Gasteiger partial charge in [-0.15, -0.1) is 0 Å². The molecule has 0 fully saturated rings. The Kier molecular flexibility index (Phi) is 4.20. The topological polar surface area (TPSA) is 89.4 Å². The maximum atomic E-state index is 11.8. The Balaban J connectivity index is 2.60. The van der Waals surface area contributed by atoms with E-state index in [9.17, 15) is 8.42 Å². The molecule has 0 heterocycles. The minimum Gasteiger partial charge on any atom is -0.399 e. The van der Waals surface area contributed by atoms with E-state index in [2.05, 4.69) is 0 Å². The molecule has 5 nitrogen and oxygen atoms in total. The van der Waals surface area contributed by atoms with Crippen LogP contribution in [-0.2, 0) is 10.0 Å². The molecule has 0 radical (unpaired) electrons. The van der Waals surface area contributed by atoms with Crippen LogP contribution in [0.3, 0.4) is 0 Å². The van der Waals surface area contributed by atoms with Crippen molar-refractivity contribution in [3.05, 3.63) is 48.0 Å². The molecule has 0 aromatic heterocycles. The molecule has 0 aliphatic heterocycles. The summed E-state index contributed by atoms with van der Waals surface area (Å²) in [6, 6.07) is 12.6. The average molecular weight is 305 g/mol. The lowest BCUT2D eigenvalue weighted by Crippen LogP contribution is -2.22. The lowest BCUT2D eigenvalue weighted by atomic mass is 10.2. The Morgan fingerprint density at radius 1 is 1.10 bits per heavy atom. The fourth-order valence-corrected chi connectivity index (χ4v) is 2.97. The normalized spacial score (nSPS) is 11.4. The molecule has 0 amide bonds. The quantitative estimate of drug-likeness (QED) is 0.849. The summed E-state index contributed by atoms with van der Waals surface area (Å²) in [7, 11) is -3.85. The molecular formula is C15H19N3O2S. The second-order valence-electron chi connectivity index (χ2n) is 4.85. The van der Waals surface area contributed by atoms with Crippen molar-refractivity contribution in [1.29, 1.82) is 0 Å².